The number of amides is 1. The van der Waals surface area contributed by atoms with Gasteiger partial charge in [0.15, 0.2) is 6.54 Å². The number of piperidine rings is 1. The predicted octanol–water partition coefficient (Wildman–Crippen LogP) is 0.923. The number of piperazine rings is 1. The average molecular weight is 421 g/mol. The van der Waals surface area contributed by atoms with Crippen LogP contribution in [0.25, 0.3) is 0 Å². The molecule has 2 atom stereocenters. The number of likely N-dealkylation sites (tertiary alicyclic amines) is 1. The van der Waals surface area contributed by atoms with E-state index in [1.807, 2.05) is 19.1 Å². The predicted molar refractivity (Wildman–Crippen MR) is 112 cm³/mol. The van der Waals surface area contributed by atoms with Gasteiger partial charge in [0.25, 0.3) is 5.91 Å². The van der Waals surface area contributed by atoms with Gasteiger partial charge in [0.05, 0.1) is 31.1 Å². The molecule has 0 spiro atoms. The number of nitrogens with one attached hydrogen (secondary N) is 1. The molecule has 3 fully saturated rings. The second-order valence-corrected chi connectivity index (χ2v) is 11.0. The summed E-state index contributed by atoms with van der Waals surface area (Å²) in [6.07, 6.45) is 6.45. The molecule has 6 nitrogen and oxygen atoms in total. The Morgan fingerprint density at radius 3 is 2.34 bits per heavy atom. The van der Waals surface area contributed by atoms with Crippen molar-refractivity contribution in [2.45, 2.75) is 43.9 Å². The zero-order valence-corrected chi connectivity index (χ0v) is 18.3. The van der Waals surface area contributed by atoms with Crippen LogP contribution in [0.5, 0.6) is 0 Å². The summed E-state index contributed by atoms with van der Waals surface area (Å²) in [6, 6.07) is 7.04. The molecule has 0 unspecified atom stereocenters. The van der Waals surface area contributed by atoms with Gasteiger partial charge in [-0.05, 0) is 43.7 Å². The van der Waals surface area contributed by atoms with Crippen molar-refractivity contribution in [2.24, 2.45) is 11.8 Å². The lowest BCUT2D eigenvalue weighted by Gasteiger charge is -2.41. The molecule has 1 aromatic rings. The number of nitrogens with zero attached hydrogens (tertiary/aromatic N) is 2. The number of benzene rings is 1. The van der Waals surface area contributed by atoms with E-state index in [9.17, 15) is 13.2 Å². The molecule has 4 rings (SSSR count). The van der Waals surface area contributed by atoms with Crippen LogP contribution < -0.4 is 4.90 Å². The molecule has 3 aliphatic rings. The average Bonchev–Trinajstić information content (AvgIpc) is 2.74. The van der Waals surface area contributed by atoms with Crippen LogP contribution in [0, 0.1) is 18.8 Å². The fourth-order valence-corrected chi connectivity index (χ4v) is 6.67. The van der Waals surface area contributed by atoms with E-state index in [-0.39, 0.29) is 5.91 Å². The number of sulfonamides is 1. The van der Waals surface area contributed by atoms with Crippen LogP contribution in [-0.2, 0) is 14.8 Å². The lowest BCUT2D eigenvalue weighted by Crippen LogP contribution is -3.15. The van der Waals surface area contributed by atoms with E-state index in [0.29, 0.717) is 43.5 Å². The Kier molecular flexibility index (Phi) is 6.27. The lowest BCUT2D eigenvalue weighted by molar-refractivity contribution is -0.896. The van der Waals surface area contributed by atoms with Crippen LogP contribution in [0.1, 0.15) is 37.7 Å². The van der Waals surface area contributed by atoms with Gasteiger partial charge in [-0.1, -0.05) is 37.0 Å². The molecule has 1 amide bonds. The number of aryl methyl sites for hydroxylation is 1. The van der Waals surface area contributed by atoms with E-state index in [4.69, 9.17) is 0 Å². The molecule has 2 aliphatic heterocycles. The third-order valence-corrected chi connectivity index (χ3v) is 9.05. The lowest BCUT2D eigenvalue weighted by atomic mass is 9.75. The summed E-state index contributed by atoms with van der Waals surface area (Å²) < 4.78 is 27.3. The van der Waals surface area contributed by atoms with E-state index in [1.165, 1.54) is 30.6 Å². The summed E-state index contributed by atoms with van der Waals surface area (Å²) in [5, 5.41) is 0. The molecule has 0 aromatic heterocycles. The Morgan fingerprint density at radius 2 is 1.66 bits per heavy atom. The molecule has 2 heterocycles. The standard InChI is InChI=1S/C22H33N3O3S/c1-18-6-8-21(9-7-18)29(27,28)25-14-12-23(13-15-25)17-22(26)24-11-10-19-4-2-3-5-20(19)16-24/h6-9,19-20H,2-5,10-17H2,1H3/p+1/t19-,20+/m0/s1. The van der Waals surface area contributed by atoms with Crippen LogP contribution >= 0.6 is 0 Å². The molecular weight excluding hydrogens is 386 g/mol. The van der Waals surface area contributed by atoms with Crippen molar-refractivity contribution in [3.05, 3.63) is 29.8 Å². The van der Waals surface area contributed by atoms with Gasteiger partial charge < -0.3 is 9.80 Å². The number of quaternary nitrogens is 1. The second-order valence-electron chi connectivity index (χ2n) is 9.08. The highest BCUT2D eigenvalue weighted by atomic mass is 32.2. The quantitative estimate of drug-likeness (QED) is 0.788. The van der Waals surface area contributed by atoms with E-state index >= 15 is 0 Å². The molecule has 1 aromatic carbocycles. The summed E-state index contributed by atoms with van der Waals surface area (Å²) >= 11 is 0. The Hall–Kier alpha value is -1.44. The molecule has 2 saturated heterocycles. The monoisotopic (exact) mass is 420 g/mol. The molecule has 1 saturated carbocycles. The van der Waals surface area contributed by atoms with Gasteiger partial charge in [-0.25, -0.2) is 8.42 Å². The zero-order chi connectivity index (χ0) is 20.4. The summed E-state index contributed by atoms with van der Waals surface area (Å²) in [6.45, 7) is 6.62. The Labute approximate surface area is 174 Å². The van der Waals surface area contributed by atoms with Gasteiger partial charge in [-0.2, -0.15) is 4.31 Å². The van der Waals surface area contributed by atoms with Crippen molar-refractivity contribution in [1.29, 1.82) is 0 Å². The number of carbonyl (C=O) groups excluding carboxylic acids is 1. The van der Waals surface area contributed by atoms with Gasteiger partial charge >= 0.3 is 0 Å². The fraction of sp³-hybridized carbons (Fsp3) is 0.682. The number of fused-ring (bicyclic) bond motifs is 1. The largest absolute Gasteiger partial charge is 0.338 e. The molecule has 0 radical (unpaired) electrons. The highest BCUT2D eigenvalue weighted by molar-refractivity contribution is 7.89. The van der Waals surface area contributed by atoms with Crippen molar-refractivity contribution in [1.82, 2.24) is 9.21 Å². The van der Waals surface area contributed by atoms with Gasteiger partial charge in [-0.15, -0.1) is 0 Å². The topological polar surface area (TPSA) is 62.1 Å². The Bertz CT molecular complexity index is 816. The van der Waals surface area contributed by atoms with E-state index in [1.54, 1.807) is 16.4 Å². The smallest absolute Gasteiger partial charge is 0.277 e. The van der Waals surface area contributed by atoms with Crippen LogP contribution in [0.15, 0.2) is 29.2 Å². The molecule has 1 aliphatic carbocycles. The van der Waals surface area contributed by atoms with Gasteiger partial charge in [0.2, 0.25) is 10.0 Å². The van der Waals surface area contributed by atoms with Crippen molar-refractivity contribution in [2.75, 3.05) is 45.8 Å². The van der Waals surface area contributed by atoms with Gasteiger partial charge in [0.1, 0.15) is 0 Å². The minimum atomic E-state index is -3.44. The van der Waals surface area contributed by atoms with Crippen molar-refractivity contribution < 1.29 is 18.1 Å². The first-order valence-electron chi connectivity index (χ1n) is 11.1. The summed E-state index contributed by atoms with van der Waals surface area (Å²) in [7, 11) is -3.44. The van der Waals surface area contributed by atoms with E-state index < -0.39 is 10.0 Å². The normalized spacial score (nSPS) is 26.9. The van der Waals surface area contributed by atoms with E-state index in [2.05, 4.69) is 4.90 Å². The van der Waals surface area contributed by atoms with Crippen molar-refractivity contribution >= 4 is 15.9 Å². The number of hydrogen-bond acceptors (Lipinski definition) is 3. The van der Waals surface area contributed by atoms with Gasteiger partial charge in [0, 0.05) is 13.1 Å². The number of rotatable bonds is 4. The summed E-state index contributed by atoms with van der Waals surface area (Å²) in [4.78, 5) is 16.5. The van der Waals surface area contributed by atoms with Gasteiger partial charge in [-0.3, -0.25) is 4.79 Å². The van der Waals surface area contributed by atoms with Crippen LogP contribution in [0.3, 0.4) is 0 Å². The minimum absolute atomic E-state index is 0.249. The fourth-order valence-electron chi connectivity index (χ4n) is 5.23. The number of hydrogen-bond donors (Lipinski definition) is 1. The first-order valence-corrected chi connectivity index (χ1v) is 12.6. The minimum Gasteiger partial charge on any atom is -0.338 e. The molecule has 0 bridgehead atoms. The molecule has 1 N–H and O–H groups in total. The highest BCUT2D eigenvalue weighted by Gasteiger charge is 2.35. The summed E-state index contributed by atoms with van der Waals surface area (Å²) in [5.74, 6) is 1.78. The SMILES string of the molecule is Cc1ccc(S(=O)(=O)N2CC[NH+](CC(=O)N3CC[C@@H]4CCCC[C@@H]4C3)CC2)cc1. The van der Waals surface area contributed by atoms with Crippen molar-refractivity contribution in [3.63, 3.8) is 0 Å². The number of carbonyl (C=O) groups is 1. The molecule has 7 heteroatoms. The maximum absolute atomic E-state index is 12.9. The second kappa shape index (κ2) is 8.74. The van der Waals surface area contributed by atoms with Crippen molar-refractivity contribution in [3.8, 4) is 0 Å². The molecule has 160 valence electrons. The first kappa shape index (κ1) is 20.8. The van der Waals surface area contributed by atoms with Crippen LogP contribution in [0.2, 0.25) is 0 Å². The first-order chi connectivity index (χ1) is 13.9. The maximum atomic E-state index is 12.9. The zero-order valence-electron chi connectivity index (χ0n) is 17.5. The summed E-state index contributed by atoms with van der Waals surface area (Å²) in [5.41, 5.74) is 1.05. The Balaban J connectivity index is 1.28. The third kappa shape index (κ3) is 4.67. The highest BCUT2D eigenvalue weighted by Crippen LogP contribution is 2.35. The van der Waals surface area contributed by atoms with Crippen LogP contribution in [-0.4, -0.2) is 69.3 Å². The third-order valence-electron chi connectivity index (χ3n) is 7.13. The molecule has 29 heavy (non-hydrogen) atoms. The van der Waals surface area contributed by atoms with Crippen LogP contribution in [0.4, 0.5) is 0 Å². The molecular formula is C22H34N3O3S+. The Morgan fingerprint density at radius 1 is 1.00 bits per heavy atom. The maximum Gasteiger partial charge on any atom is 0.277 e. The van der Waals surface area contributed by atoms with E-state index in [0.717, 1.165) is 31.0 Å².